The molecule has 0 heterocycles. The van der Waals surface area contributed by atoms with E-state index in [1.165, 1.54) is 17.8 Å². The lowest BCUT2D eigenvalue weighted by molar-refractivity contribution is -0.387. The van der Waals surface area contributed by atoms with Gasteiger partial charge >= 0.3 is 0 Å². The molecule has 0 aliphatic carbocycles. The zero-order chi connectivity index (χ0) is 14.5. The van der Waals surface area contributed by atoms with Crippen molar-refractivity contribution in [2.24, 2.45) is 5.73 Å². The highest BCUT2D eigenvalue weighted by molar-refractivity contribution is 7.99. The van der Waals surface area contributed by atoms with Crippen molar-refractivity contribution in [3.8, 4) is 0 Å². The van der Waals surface area contributed by atoms with Gasteiger partial charge in [-0.1, -0.05) is 43.0 Å². The molecule has 0 aliphatic rings. The van der Waals surface area contributed by atoms with E-state index in [1.54, 1.807) is 18.2 Å². The molecular weight excluding hydrogens is 272 g/mol. The summed E-state index contributed by atoms with van der Waals surface area (Å²) in [5.74, 6) is 0. The predicted molar refractivity (Wildman–Crippen MR) is 80.9 cm³/mol. The molecule has 20 heavy (non-hydrogen) atoms. The highest BCUT2D eigenvalue weighted by Crippen LogP contribution is 2.34. The molecule has 104 valence electrons. The largest absolute Gasteiger partial charge is 0.324 e. The Bertz CT molecular complexity index is 599. The Labute approximate surface area is 122 Å². The number of para-hydroxylation sites is 1. The molecule has 0 saturated carbocycles. The topological polar surface area (TPSA) is 69.2 Å². The van der Waals surface area contributed by atoms with Crippen molar-refractivity contribution in [3.63, 3.8) is 0 Å². The van der Waals surface area contributed by atoms with Crippen molar-refractivity contribution in [3.05, 3.63) is 64.2 Å². The van der Waals surface area contributed by atoms with E-state index in [-0.39, 0.29) is 16.7 Å². The molecule has 0 radical (unpaired) electrons. The lowest BCUT2D eigenvalue weighted by Gasteiger charge is -2.09. The number of nitrogens with two attached hydrogens (primary N) is 1. The second kappa shape index (κ2) is 6.54. The summed E-state index contributed by atoms with van der Waals surface area (Å²) in [5, 5.41) is 11.0. The van der Waals surface area contributed by atoms with Crippen LogP contribution in [0.1, 0.15) is 24.9 Å². The minimum Gasteiger partial charge on any atom is -0.324 e. The molecule has 2 aromatic carbocycles. The van der Waals surface area contributed by atoms with Crippen LogP contribution in [0.4, 0.5) is 5.69 Å². The first-order valence-corrected chi connectivity index (χ1v) is 7.20. The summed E-state index contributed by atoms with van der Waals surface area (Å²) >= 11 is 1.39. The monoisotopic (exact) mass is 288 g/mol. The van der Waals surface area contributed by atoms with Gasteiger partial charge in [0.1, 0.15) is 0 Å². The van der Waals surface area contributed by atoms with Gasteiger partial charge in [-0.25, -0.2) is 0 Å². The molecule has 2 N–H and O–H groups in total. The van der Waals surface area contributed by atoms with Crippen LogP contribution in [-0.4, -0.2) is 4.92 Å². The van der Waals surface area contributed by atoms with Gasteiger partial charge in [0, 0.05) is 17.0 Å². The van der Waals surface area contributed by atoms with Crippen LogP contribution in [0.2, 0.25) is 0 Å². The molecule has 0 bridgehead atoms. The van der Waals surface area contributed by atoms with Crippen LogP contribution in [-0.2, 0) is 0 Å². The van der Waals surface area contributed by atoms with Gasteiger partial charge in [0.25, 0.3) is 5.69 Å². The molecular formula is C15H16N2O2S. The molecule has 0 aliphatic heterocycles. The van der Waals surface area contributed by atoms with Crippen LogP contribution in [0, 0.1) is 10.1 Å². The highest BCUT2D eigenvalue weighted by atomic mass is 32.2. The fraction of sp³-hybridized carbons (Fsp3) is 0.200. The van der Waals surface area contributed by atoms with Crippen molar-refractivity contribution in [2.45, 2.75) is 29.2 Å². The smallest absolute Gasteiger partial charge is 0.283 e. The maximum Gasteiger partial charge on any atom is 0.283 e. The summed E-state index contributed by atoms with van der Waals surface area (Å²) < 4.78 is 0. The number of nitro groups is 1. The van der Waals surface area contributed by atoms with E-state index in [0.29, 0.717) is 4.90 Å². The number of nitrogens with zero attached hydrogens (tertiary/aromatic N) is 1. The van der Waals surface area contributed by atoms with Gasteiger partial charge in [0.05, 0.1) is 9.82 Å². The fourth-order valence-electron chi connectivity index (χ4n) is 1.84. The van der Waals surface area contributed by atoms with Crippen LogP contribution >= 0.6 is 11.8 Å². The Morgan fingerprint density at radius 3 is 2.45 bits per heavy atom. The van der Waals surface area contributed by atoms with E-state index in [9.17, 15) is 10.1 Å². The standard InChI is InChI=1S/C15H16N2O2S/c1-2-13(16)11-7-9-12(10-8-11)20-15-6-4-3-5-14(15)17(18)19/h3-10,13H,2,16H2,1H3. The van der Waals surface area contributed by atoms with E-state index in [1.807, 2.05) is 31.2 Å². The van der Waals surface area contributed by atoms with Gasteiger partial charge in [0.2, 0.25) is 0 Å². The van der Waals surface area contributed by atoms with E-state index in [4.69, 9.17) is 5.73 Å². The Hall–Kier alpha value is -1.85. The average Bonchev–Trinajstić information content (AvgIpc) is 2.47. The summed E-state index contributed by atoms with van der Waals surface area (Å²) in [6.07, 6.45) is 0.886. The highest BCUT2D eigenvalue weighted by Gasteiger charge is 2.13. The number of hydrogen-bond acceptors (Lipinski definition) is 4. The van der Waals surface area contributed by atoms with Gasteiger partial charge in [-0.2, -0.15) is 0 Å². The van der Waals surface area contributed by atoms with E-state index in [2.05, 4.69) is 0 Å². The number of rotatable bonds is 5. The zero-order valence-corrected chi connectivity index (χ0v) is 12.0. The van der Waals surface area contributed by atoms with Crippen molar-refractivity contribution in [1.29, 1.82) is 0 Å². The van der Waals surface area contributed by atoms with Crippen molar-refractivity contribution in [1.82, 2.24) is 0 Å². The molecule has 1 atom stereocenters. The molecule has 5 heteroatoms. The van der Waals surface area contributed by atoms with Gasteiger partial charge in [0.15, 0.2) is 0 Å². The van der Waals surface area contributed by atoms with Gasteiger partial charge in [-0.05, 0) is 30.2 Å². The first kappa shape index (κ1) is 14.6. The first-order valence-electron chi connectivity index (χ1n) is 6.38. The third-order valence-corrected chi connectivity index (χ3v) is 4.11. The van der Waals surface area contributed by atoms with Gasteiger partial charge in [-0.15, -0.1) is 0 Å². The Kier molecular flexibility index (Phi) is 4.76. The van der Waals surface area contributed by atoms with Crippen molar-refractivity contribution in [2.75, 3.05) is 0 Å². The predicted octanol–water partition coefficient (Wildman–Crippen LogP) is 4.16. The lowest BCUT2D eigenvalue weighted by Crippen LogP contribution is -2.07. The van der Waals surface area contributed by atoms with E-state index >= 15 is 0 Å². The van der Waals surface area contributed by atoms with Gasteiger partial charge in [-0.3, -0.25) is 10.1 Å². The third kappa shape index (κ3) is 3.37. The number of hydrogen-bond donors (Lipinski definition) is 1. The molecule has 0 saturated heterocycles. The lowest BCUT2D eigenvalue weighted by atomic mass is 10.1. The quantitative estimate of drug-likeness (QED) is 0.662. The summed E-state index contributed by atoms with van der Waals surface area (Å²) in [5.41, 5.74) is 7.18. The Morgan fingerprint density at radius 1 is 1.20 bits per heavy atom. The minimum absolute atomic E-state index is 0.0418. The summed E-state index contributed by atoms with van der Waals surface area (Å²) in [6, 6.07) is 14.6. The van der Waals surface area contributed by atoms with Crippen molar-refractivity contribution < 1.29 is 4.92 Å². The minimum atomic E-state index is -0.357. The van der Waals surface area contributed by atoms with Crippen molar-refractivity contribution >= 4 is 17.4 Å². The molecule has 4 nitrogen and oxygen atoms in total. The van der Waals surface area contributed by atoms with Crippen LogP contribution < -0.4 is 5.73 Å². The molecule has 0 spiro atoms. The molecule has 2 rings (SSSR count). The average molecular weight is 288 g/mol. The van der Waals surface area contributed by atoms with E-state index in [0.717, 1.165) is 16.9 Å². The normalized spacial score (nSPS) is 12.1. The Morgan fingerprint density at radius 2 is 1.85 bits per heavy atom. The SMILES string of the molecule is CCC(N)c1ccc(Sc2ccccc2[N+](=O)[O-])cc1. The maximum absolute atomic E-state index is 11.0. The molecule has 0 amide bonds. The Balaban J connectivity index is 2.20. The summed E-state index contributed by atoms with van der Waals surface area (Å²) in [6.45, 7) is 2.04. The van der Waals surface area contributed by atoms with Crippen LogP contribution in [0.25, 0.3) is 0 Å². The van der Waals surface area contributed by atoms with Crippen LogP contribution in [0.5, 0.6) is 0 Å². The maximum atomic E-state index is 11.0. The second-order valence-corrected chi connectivity index (χ2v) is 5.53. The van der Waals surface area contributed by atoms with Crippen LogP contribution in [0.3, 0.4) is 0 Å². The number of benzene rings is 2. The summed E-state index contributed by atoms with van der Waals surface area (Å²) in [7, 11) is 0. The number of nitro benzene ring substituents is 1. The van der Waals surface area contributed by atoms with Crippen LogP contribution in [0.15, 0.2) is 58.3 Å². The van der Waals surface area contributed by atoms with Gasteiger partial charge < -0.3 is 5.73 Å². The second-order valence-electron chi connectivity index (χ2n) is 4.41. The zero-order valence-electron chi connectivity index (χ0n) is 11.2. The molecule has 2 aromatic rings. The molecule has 1 unspecified atom stereocenters. The fourth-order valence-corrected chi connectivity index (χ4v) is 2.76. The third-order valence-electron chi connectivity index (χ3n) is 3.04. The molecule has 0 fully saturated rings. The first-order chi connectivity index (χ1) is 9.61. The summed E-state index contributed by atoms with van der Waals surface area (Å²) in [4.78, 5) is 12.2. The molecule has 0 aromatic heterocycles. The van der Waals surface area contributed by atoms with E-state index < -0.39 is 0 Å².